The van der Waals surface area contributed by atoms with Crippen LogP contribution < -0.4 is 10.1 Å². The smallest absolute Gasteiger partial charge is 0.226 e. The van der Waals surface area contributed by atoms with Gasteiger partial charge in [-0.05, 0) is 73.2 Å². The number of likely N-dealkylation sites (tertiary alicyclic amines) is 1. The molecule has 2 aliphatic rings. The van der Waals surface area contributed by atoms with E-state index in [1.54, 1.807) is 0 Å². The van der Waals surface area contributed by atoms with Crippen LogP contribution in [0, 0.1) is 11.8 Å². The summed E-state index contributed by atoms with van der Waals surface area (Å²) in [4.78, 5) is 14.9. The molecule has 2 aromatic carbocycles. The summed E-state index contributed by atoms with van der Waals surface area (Å²) in [7, 11) is 0. The molecule has 29 heavy (non-hydrogen) atoms. The molecule has 0 radical (unpaired) electrons. The fourth-order valence-electron chi connectivity index (χ4n) is 4.29. The zero-order valence-electron chi connectivity index (χ0n) is 16.5. The van der Waals surface area contributed by atoms with Gasteiger partial charge in [0.1, 0.15) is 12.4 Å². The predicted molar refractivity (Wildman–Crippen MR) is 119 cm³/mol. The summed E-state index contributed by atoms with van der Waals surface area (Å²) < 4.78 is 5.89. The van der Waals surface area contributed by atoms with E-state index in [0.717, 1.165) is 67.7 Å². The van der Waals surface area contributed by atoms with Crippen LogP contribution in [0.4, 0.5) is 0 Å². The lowest BCUT2D eigenvalue weighted by Gasteiger charge is -2.21. The van der Waals surface area contributed by atoms with E-state index in [1.807, 2.05) is 48.5 Å². The molecular formula is C23H28Cl2N2O2. The Balaban J connectivity index is 0.00000240. The number of halogens is 2. The van der Waals surface area contributed by atoms with Gasteiger partial charge in [-0.1, -0.05) is 35.9 Å². The quantitative estimate of drug-likeness (QED) is 0.760. The number of nitrogens with one attached hydrogen (secondary N) is 1. The van der Waals surface area contributed by atoms with E-state index in [-0.39, 0.29) is 18.3 Å². The van der Waals surface area contributed by atoms with Crippen LogP contribution in [-0.4, -0.2) is 37.0 Å². The first-order valence-corrected chi connectivity index (χ1v) is 10.5. The van der Waals surface area contributed by atoms with Crippen molar-refractivity contribution in [1.29, 1.82) is 0 Å². The average Bonchev–Trinajstić information content (AvgIpc) is 3.05. The molecule has 1 N–H and O–H groups in total. The monoisotopic (exact) mass is 434 g/mol. The molecule has 2 fully saturated rings. The minimum Gasteiger partial charge on any atom is -0.489 e. The molecular weight excluding hydrogens is 407 g/mol. The van der Waals surface area contributed by atoms with Gasteiger partial charge >= 0.3 is 0 Å². The zero-order chi connectivity index (χ0) is 19.3. The lowest BCUT2D eigenvalue weighted by atomic mass is 9.92. The molecule has 156 valence electrons. The lowest BCUT2D eigenvalue weighted by Crippen LogP contribution is -2.33. The highest BCUT2D eigenvalue weighted by atomic mass is 35.5. The lowest BCUT2D eigenvalue weighted by molar-refractivity contribution is -0.130. The van der Waals surface area contributed by atoms with Gasteiger partial charge in [0.15, 0.2) is 0 Å². The molecule has 2 atom stereocenters. The van der Waals surface area contributed by atoms with Crippen LogP contribution in [0.15, 0.2) is 48.5 Å². The molecule has 4 nitrogen and oxygen atoms in total. The molecule has 2 aromatic rings. The molecule has 2 heterocycles. The van der Waals surface area contributed by atoms with Crippen LogP contribution in [0.2, 0.25) is 5.02 Å². The average molecular weight is 435 g/mol. The van der Waals surface area contributed by atoms with Crippen LogP contribution >= 0.6 is 24.0 Å². The van der Waals surface area contributed by atoms with E-state index < -0.39 is 0 Å². The SMILES string of the molecule is Cl.O=C(Cc1cccc(OCc2cccc(Cl)c2)c1)N1CC[C@@H]2CNC[C@@H]2CC1. The molecule has 0 unspecified atom stereocenters. The van der Waals surface area contributed by atoms with Crippen LogP contribution in [0.25, 0.3) is 0 Å². The number of rotatable bonds is 5. The van der Waals surface area contributed by atoms with E-state index >= 15 is 0 Å². The highest BCUT2D eigenvalue weighted by Gasteiger charge is 2.31. The minimum absolute atomic E-state index is 0. The standard InChI is InChI=1S/C23H27ClN2O2.ClH/c24-21-5-1-4-18(11-21)16-28-22-6-2-3-17(12-22)13-23(27)26-9-7-19-14-25-15-20(19)8-10-26;/h1-6,11-12,19-20,25H,7-10,13-16H2;1H/t19-,20+;. The van der Waals surface area contributed by atoms with E-state index in [1.165, 1.54) is 0 Å². The second kappa shape index (κ2) is 10.3. The summed E-state index contributed by atoms with van der Waals surface area (Å²) in [5, 5.41) is 4.19. The zero-order valence-corrected chi connectivity index (χ0v) is 18.1. The van der Waals surface area contributed by atoms with Crippen molar-refractivity contribution in [2.75, 3.05) is 26.2 Å². The van der Waals surface area contributed by atoms with Crippen molar-refractivity contribution >= 4 is 29.9 Å². The van der Waals surface area contributed by atoms with Gasteiger partial charge in [-0.15, -0.1) is 12.4 Å². The van der Waals surface area contributed by atoms with Gasteiger partial charge in [-0.2, -0.15) is 0 Å². The predicted octanol–water partition coefficient (Wildman–Crippen LogP) is 4.34. The van der Waals surface area contributed by atoms with Crippen molar-refractivity contribution in [3.8, 4) is 5.75 Å². The van der Waals surface area contributed by atoms with E-state index in [2.05, 4.69) is 10.2 Å². The topological polar surface area (TPSA) is 41.6 Å². The van der Waals surface area contributed by atoms with Gasteiger partial charge in [0.2, 0.25) is 5.91 Å². The second-order valence-electron chi connectivity index (χ2n) is 7.88. The first-order chi connectivity index (χ1) is 13.7. The molecule has 2 aliphatic heterocycles. The Bertz CT molecular complexity index is 816. The van der Waals surface area contributed by atoms with Crippen LogP contribution in [0.1, 0.15) is 24.0 Å². The Morgan fingerprint density at radius 1 is 1.03 bits per heavy atom. The number of hydrogen-bond donors (Lipinski definition) is 1. The van der Waals surface area contributed by atoms with Gasteiger partial charge in [0.05, 0.1) is 6.42 Å². The Morgan fingerprint density at radius 2 is 1.72 bits per heavy atom. The Kier molecular flexibility index (Phi) is 7.82. The number of fused-ring (bicyclic) bond motifs is 1. The molecule has 0 aromatic heterocycles. The third-order valence-corrected chi connectivity index (χ3v) is 6.16. The Morgan fingerprint density at radius 3 is 2.45 bits per heavy atom. The molecule has 1 amide bonds. The van der Waals surface area contributed by atoms with Crippen LogP contribution in [0.5, 0.6) is 5.75 Å². The molecule has 4 rings (SSSR count). The summed E-state index contributed by atoms with van der Waals surface area (Å²) in [5.74, 6) is 2.48. The summed E-state index contributed by atoms with van der Waals surface area (Å²) in [5.41, 5.74) is 2.03. The van der Waals surface area contributed by atoms with Crippen LogP contribution in [0.3, 0.4) is 0 Å². The van der Waals surface area contributed by atoms with Crippen molar-refractivity contribution < 1.29 is 9.53 Å². The Labute approximate surface area is 184 Å². The van der Waals surface area contributed by atoms with Crippen molar-refractivity contribution in [3.05, 3.63) is 64.7 Å². The fourth-order valence-corrected chi connectivity index (χ4v) is 4.51. The van der Waals surface area contributed by atoms with Crippen molar-refractivity contribution in [2.24, 2.45) is 11.8 Å². The van der Waals surface area contributed by atoms with Gasteiger partial charge in [-0.25, -0.2) is 0 Å². The molecule has 0 saturated carbocycles. The van der Waals surface area contributed by atoms with Gasteiger partial charge in [0, 0.05) is 18.1 Å². The maximum atomic E-state index is 12.8. The van der Waals surface area contributed by atoms with Gasteiger partial charge < -0.3 is 15.0 Å². The molecule has 0 bridgehead atoms. The molecule has 0 spiro atoms. The molecule has 0 aliphatic carbocycles. The normalized spacial score (nSPS) is 21.1. The summed E-state index contributed by atoms with van der Waals surface area (Å²) >= 11 is 6.02. The summed E-state index contributed by atoms with van der Waals surface area (Å²) in [6, 6.07) is 15.5. The number of carbonyl (C=O) groups excluding carboxylic acids is 1. The number of carbonyl (C=O) groups is 1. The Hall–Kier alpha value is -1.75. The largest absolute Gasteiger partial charge is 0.489 e. The van der Waals surface area contributed by atoms with Crippen molar-refractivity contribution in [2.45, 2.75) is 25.9 Å². The fraction of sp³-hybridized carbons (Fsp3) is 0.435. The minimum atomic E-state index is 0. The highest BCUT2D eigenvalue weighted by Crippen LogP contribution is 2.27. The van der Waals surface area contributed by atoms with E-state index in [4.69, 9.17) is 16.3 Å². The van der Waals surface area contributed by atoms with E-state index in [9.17, 15) is 4.79 Å². The number of amides is 1. The van der Waals surface area contributed by atoms with Crippen LogP contribution in [-0.2, 0) is 17.8 Å². The van der Waals surface area contributed by atoms with Gasteiger partial charge in [-0.3, -0.25) is 4.79 Å². The number of benzene rings is 2. The number of nitrogens with zero attached hydrogens (tertiary/aromatic N) is 1. The summed E-state index contributed by atoms with van der Waals surface area (Å²) in [6.07, 6.45) is 2.67. The number of hydrogen-bond acceptors (Lipinski definition) is 3. The maximum absolute atomic E-state index is 12.8. The third-order valence-electron chi connectivity index (χ3n) is 5.92. The highest BCUT2D eigenvalue weighted by molar-refractivity contribution is 6.30. The van der Waals surface area contributed by atoms with Crippen molar-refractivity contribution in [1.82, 2.24) is 10.2 Å². The molecule has 6 heteroatoms. The molecule has 2 saturated heterocycles. The first-order valence-electron chi connectivity index (χ1n) is 10.1. The van der Waals surface area contributed by atoms with E-state index in [0.29, 0.717) is 18.1 Å². The maximum Gasteiger partial charge on any atom is 0.226 e. The first kappa shape index (κ1) is 21.9. The second-order valence-corrected chi connectivity index (χ2v) is 8.32. The summed E-state index contributed by atoms with van der Waals surface area (Å²) in [6.45, 7) is 4.44. The number of ether oxygens (including phenoxy) is 1. The third kappa shape index (κ3) is 5.88. The van der Waals surface area contributed by atoms with Crippen molar-refractivity contribution in [3.63, 3.8) is 0 Å². The van der Waals surface area contributed by atoms with Gasteiger partial charge in [0.25, 0.3) is 0 Å².